The molecule has 0 heterocycles. The van der Waals surface area contributed by atoms with E-state index in [1.165, 1.54) is 29.5 Å². The van der Waals surface area contributed by atoms with E-state index in [1.807, 2.05) is 12.1 Å². The Kier molecular flexibility index (Phi) is 5.69. The van der Waals surface area contributed by atoms with Gasteiger partial charge in [-0.1, -0.05) is 58.5 Å². The zero-order valence-corrected chi connectivity index (χ0v) is 20.3. The van der Waals surface area contributed by atoms with Crippen LogP contribution in [-0.2, 0) is 10.8 Å². The lowest BCUT2D eigenvalue weighted by Crippen LogP contribution is -2.34. The highest BCUT2D eigenvalue weighted by Gasteiger charge is 2.37. The van der Waals surface area contributed by atoms with Gasteiger partial charge in [0.25, 0.3) is 0 Å². The largest absolute Gasteiger partial charge is 0.423 e. The molecule has 0 spiro atoms. The lowest BCUT2D eigenvalue weighted by atomic mass is 9.62. The third-order valence-corrected chi connectivity index (χ3v) is 7.08. The van der Waals surface area contributed by atoms with Crippen LogP contribution >= 0.6 is 0 Å². The van der Waals surface area contributed by atoms with Crippen molar-refractivity contribution >= 4 is 17.2 Å². The molecule has 3 aromatic rings. The van der Waals surface area contributed by atoms with Crippen LogP contribution in [0.2, 0.25) is 0 Å². The van der Waals surface area contributed by atoms with Gasteiger partial charge in [0.05, 0.1) is 5.56 Å². The first-order valence-electron chi connectivity index (χ1n) is 11.5. The predicted molar refractivity (Wildman–Crippen MR) is 137 cm³/mol. The molecule has 4 rings (SSSR count). The van der Waals surface area contributed by atoms with Gasteiger partial charge in [0.2, 0.25) is 0 Å². The molecule has 0 amide bonds. The van der Waals surface area contributed by atoms with Crippen LogP contribution in [-0.4, -0.2) is 5.97 Å². The average Bonchev–Trinajstić information content (AvgIpc) is 2.78. The Labute approximate surface area is 197 Å². The van der Waals surface area contributed by atoms with Crippen molar-refractivity contribution in [2.45, 2.75) is 58.3 Å². The van der Waals surface area contributed by atoms with E-state index in [2.05, 4.69) is 53.3 Å². The number of fused-ring (bicyclic) bond motifs is 1. The van der Waals surface area contributed by atoms with Gasteiger partial charge in [-0.15, -0.1) is 0 Å². The molecule has 0 fully saturated rings. The first kappa shape index (κ1) is 22.8. The van der Waals surface area contributed by atoms with Gasteiger partial charge in [-0.3, -0.25) is 0 Å². The minimum absolute atomic E-state index is 0.142. The number of ether oxygens (including phenoxy) is 1. The predicted octanol–water partition coefficient (Wildman–Crippen LogP) is 7.21. The number of carbonyl (C=O) groups is 1. The summed E-state index contributed by atoms with van der Waals surface area (Å²) >= 11 is 0. The number of hydrogen-bond donors (Lipinski definition) is 1. The first-order valence-corrected chi connectivity index (χ1v) is 11.5. The molecule has 0 saturated heterocycles. The summed E-state index contributed by atoms with van der Waals surface area (Å²) in [5, 5.41) is 0. The van der Waals surface area contributed by atoms with Gasteiger partial charge < -0.3 is 10.5 Å². The van der Waals surface area contributed by atoms with Crippen molar-refractivity contribution in [3.8, 4) is 5.75 Å². The molecule has 0 aliphatic heterocycles. The number of carbonyl (C=O) groups excluding carboxylic acids is 1. The topological polar surface area (TPSA) is 52.3 Å². The monoisotopic (exact) mass is 439 g/mol. The maximum atomic E-state index is 12.5. The Morgan fingerprint density at radius 3 is 1.94 bits per heavy atom. The number of rotatable bonds is 4. The average molecular weight is 440 g/mol. The molecule has 0 unspecified atom stereocenters. The van der Waals surface area contributed by atoms with Crippen LogP contribution in [0.3, 0.4) is 0 Å². The SMILES string of the molecule is C=C(c1ccc(C(=O)Oc2ccc(N)cc2)cc1)c1cc2c(cc1C)C(C)(C)CCC2(C)C. The molecule has 0 saturated carbocycles. The first-order chi connectivity index (χ1) is 15.5. The van der Waals surface area contributed by atoms with E-state index in [9.17, 15) is 4.79 Å². The van der Waals surface area contributed by atoms with E-state index in [0.717, 1.165) is 16.7 Å². The lowest BCUT2D eigenvalue weighted by molar-refractivity contribution is 0.0735. The van der Waals surface area contributed by atoms with Crippen LogP contribution in [0.5, 0.6) is 5.75 Å². The fourth-order valence-corrected chi connectivity index (χ4v) is 4.71. The van der Waals surface area contributed by atoms with Crippen LogP contribution in [0.1, 0.15) is 78.7 Å². The highest BCUT2D eigenvalue weighted by atomic mass is 16.5. The van der Waals surface area contributed by atoms with Crippen molar-refractivity contribution in [1.82, 2.24) is 0 Å². The second-order valence-electron chi connectivity index (χ2n) is 10.5. The van der Waals surface area contributed by atoms with E-state index in [1.54, 1.807) is 36.4 Å². The molecule has 1 aliphatic carbocycles. The molecule has 0 radical (unpaired) electrons. The highest BCUT2D eigenvalue weighted by Crippen LogP contribution is 2.47. The molecule has 3 nitrogen and oxygen atoms in total. The van der Waals surface area contributed by atoms with Crippen LogP contribution in [0.4, 0.5) is 5.69 Å². The highest BCUT2D eigenvalue weighted by molar-refractivity contribution is 5.92. The Morgan fingerprint density at radius 1 is 0.848 bits per heavy atom. The number of esters is 1. The number of hydrogen-bond acceptors (Lipinski definition) is 3. The van der Waals surface area contributed by atoms with E-state index in [0.29, 0.717) is 17.0 Å². The second kappa shape index (κ2) is 8.22. The molecule has 170 valence electrons. The van der Waals surface area contributed by atoms with Gasteiger partial charge in [0, 0.05) is 5.69 Å². The summed E-state index contributed by atoms with van der Waals surface area (Å²) in [6.07, 6.45) is 2.37. The quantitative estimate of drug-likeness (QED) is 0.265. The van der Waals surface area contributed by atoms with Crippen molar-refractivity contribution in [1.29, 1.82) is 0 Å². The molecule has 1 aliphatic rings. The summed E-state index contributed by atoms with van der Waals surface area (Å²) < 4.78 is 5.45. The number of benzene rings is 3. The Hall–Kier alpha value is -3.33. The summed E-state index contributed by atoms with van der Waals surface area (Å²) in [4.78, 5) is 12.5. The normalized spacial score (nSPS) is 16.0. The van der Waals surface area contributed by atoms with Crippen LogP contribution < -0.4 is 10.5 Å². The number of nitrogens with two attached hydrogens (primary N) is 1. The molecule has 33 heavy (non-hydrogen) atoms. The second-order valence-corrected chi connectivity index (χ2v) is 10.5. The summed E-state index contributed by atoms with van der Waals surface area (Å²) in [6, 6.07) is 19.0. The summed E-state index contributed by atoms with van der Waals surface area (Å²) in [7, 11) is 0. The van der Waals surface area contributed by atoms with E-state index in [4.69, 9.17) is 10.5 Å². The van der Waals surface area contributed by atoms with Crippen molar-refractivity contribution < 1.29 is 9.53 Å². The van der Waals surface area contributed by atoms with Crippen LogP contribution in [0.25, 0.3) is 5.57 Å². The minimum atomic E-state index is -0.397. The number of anilines is 1. The third-order valence-electron chi connectivity index (χ3n) is 7.08. The fourth-order valence-electron chi connectivity index (χ4n) is 4.71. The maximum absolute atomic E-state index is 12.5. The molecule has 3 heteroatoms. The summed E-state index contributed by atoms with van der Waals surface area (Å²) in [5.41, 5.74) is 14.4. The fraction of sp³-hybridized carbons (Fsp3) is 0.300. The van der Waals surface area contributed by atoms with Crippen molar-refractivity contribution in [3.63, 3.8) is 0 Å². The molecule has 0 atom stereocenters. The molecule has 3 aromatic carbocycles. The summed E-state index contributed by atoms with van der Waals surface area (Å²) in [6.45, 7) is 15.9. The van der Waals surface area contributed by atoms with Gasteiger partial charge in [-0.2, -0.15) is 0 Å². The molecule has 0 aromatic heterocycles. The Bertz CT molecular complexity index is 1220. The smallest absolute Gasteiger partial charge is 0.343 e. The number of nitrogen functional groups attached to an aromatic ring is 1. The molecule has 0 bridgehead atoms. The molecule has 2 N–H and O–H groups in total. The molecular formula is C30H33NO2. The Balaban J connectivity index is 1.60. The van der Waals surface area contributed by atoms with E-state index in [-0.39, 0.29) is 10.8 Å². The van der Waals surface area contributed by atoms with E-state index < -0.39 is 5.97 Å². The zero-order chi connectivity index (χ0) is 24.0. The van der Waals surface area contributed by atoms with E-state index >= 15 is 0 Å². The van der Waals surface area contributed by atoms with Crippen molar-refractivity contribution in [2.24, 2.45) is 0 Å². The maximum Gasteiger partial charge on any atom is 0.343 e. The van der Waals surface area contributed by atoms with Gasteiger partial charge in [-0.25, -0.2) is 4.79 Å². The van der Waals surface area contributed by atoms with Crippen LogP contribution in [0, 0.1) is 6.92 Å². The van der Waals surface area contributed by atoms with Gasteiger partial charge in [0.1, 0.15) is 5.75 Å². The van der Waals surface area contributed by atoms with Crippen LogP contribution in [0.15, 0.2) is 67.2 Å². The lowest BCUT2D eigenvalue weighted by Gasteiger charge is -2.42. The van der Waals surface area contributed by atoms with Gasteiger partial charge in [0.15, 0.2) is 0 Å². The standard InChI is InChI=1S/C30H33NO2/c1-19-17-26-27(30(5,6)16-15-29(26,3)4)18-25(19)20(2)21-7-9-22(10-8-21)28(32)33-24-13-11-23(31)12-14-24/h7-14,17-18H,2,15-16,31H2,1,3-6H3. The van der Waals surface area contributed by atoms with Gasteiger partial charge in [-0.05, 0) is 100 Å². The van der Waals surface area contributed by atoms with Crippen molar-refractivity contribution in [2.75, 3.05) is 5.73 Å². The summed E-state index contributed by atoms with van der Waals surface area (Å²) in [5.74, 6) is 0.0729. The zero-order valence-electron chi connectivity index (χ0n) is 20.3. The number of aryl methyl sites for hydroxylation is 1. The molecular weight excluding hydrogens is 406 g/mol. The van der Waals surface area contributed by atoms with Crippen molar-refractivity contribution in [3.05, 3.63) is 101 Å². The van der Waals surface area contributed by atoms with Gasteiger partial charge >= 0.3 is 5.97 Å². The Morgan fingerprint density at radius 2 is 1.36 bits per heavy atom. The minimum Gasteiger partial charge on any atom is -0.423 e. The third kappa shape index (κ3) is 4.45.